The largest absolute Gasteiger partial charge is 0.497 e. The van der Waals surface area contributed by atoms with Gasteiger partial charge >= 0.3 is 0 Å². The van der Waals surface area contributed by atoms with E-state index in [9.17, 15) is 14.9 Å². The molecule has 2 aliphatic heterocycles. The van der Waals surface area contributed by atoms with E-state index in [1.54, 1.807) is 36.5 Å². The van der Waals surface area contributed by atoms with Gasteiger partial charge in [-0.2, -0.15) is 5.26 Å². The Labute approximate surface area is 193 Å². The third-order valence-corrected chi connectivity index (χ3v) is 6.00. The average molecular weight is 450 g/mol. The summed E-state index contributed by atoms with van der Waals surface area (Å²) in [5, 5.41) is 9.29. The highest BCUT2D eigenvalue weighted by Crippen LogP contribution is 2.28. The van der Waals surface area contributed by atoms with E-state index in [0.717, 1.165) is 51.4 Å². The van der Waals surface area contributed by atoms with Crippen LogP contribution >= 0.6 is 0 Å². The summed E-state index contributed by atoms with van der Waals surface area (Å²) < 4.78 is 10.7. The third-order valence-electron chi connectivity index (χ3n) is 6.00. The number of hydrogen-bond donors (Lipinski definition) is 0. The second-order valence-corrected chi connectivity index (χ2v) is 8.02. The molecule has 9 nitrogen and oxygen atoms in total. The smallest absolute Gasteiger partial charge is 0.267 e. The zero-order chi connectivity index (χ0) is 23.2. The first-order valence-corrected chi connectivity index (χ1v) is 11.1. The van der Waals surface area contributed by atoms with Gasteiger partial charge in [-0.25, -0.2) is 4.98 Å². The summed E-state index contributed by atoms with van der Waals surface area (Å²) >= 11 is 0. The highest BCUT2D eigenvalue weighted by atomic mass is 16.5. The first-order chi connectivity index (χ1) is 16.1. The van der Waals surface area contributed by atoms with Crippen LogP contribution in [-0.2, 0) is 4.79 Å². The molecule has 172 valence electrons. The number of imide groups is 1. The van der Waals surface area contributed by atoms with E-state index in [0.29, 0.717) is 29.2 Å². The second kappa shape index (κ2) is 10.3. The summed E-state index contributed by atoms with van der Waals surface area (Å²) in [6, 6.07) is 10.8. The number of amides is 2. The Morgan fingerprint density at radius 2 is 1.91 bits per heavy atom. The molecule has 1 saturated heterocycles. The lowest BCUT2D eigenvalue weighted by Crippen LogP contribution is -2.47. The highest BCUT2D eigenvalue weighted by molar-refractivity contribution is 6.07. The van der Waals surface area contributed by atoms with Crippen LogP contribution in [0.25, 0.3) is 0 Å². The summed E-state index contributed by atoms with van der Waals surface area (Å²) in [4.78, 5) is 35.6. The van der Waals surface area contributed by atoms with Crippen LogP contribution in [0.15, 0.2) is 36.5 Å². The topological polar surface area (TPSA) is 99.0 Å². The molecule has 33 heavy (non-hydrogen) atoms. The van der Waals surface area contributed by atoms with Gasteiger partial charge in [0.1, 0.15) is 23.4 Å². The van der Waals surface area contributed by atoms with E-state index in [4.69, 9.17) is 9.47 Å². The predicted octanol–water partition coefficient (Wildman–Crippen LogP) is 1.93. The number of unbranched alkanes of at least 4 members (excludes halogenated alkanes) is 1. The molecule has 0 bridgehead atoms. The Morgan fingerprint density at radius 1 is 1.12 bits per heavy atom. The number of carbonyl (C=O) groups is 2. The van der Waals surface area contributed by atoms with Crippen molar-refractivity contribution in [2.75, 3.05) is 57.9 Å². The highest BCUT2D eigenvalue weighted by Gasteiger charge is 2.29. The molecule has 1 fully saturated rings. The van der Waals surface area contributed by atoms with E-state index in [2.05, 4.69) is 20.9 Å². The van der Waals surface area contributed by atoms with Crippen LogP contribution < -0.4 is 14.4 Å². The fourth-order valence-corrected chi connectivity index (χ4v) is 4.16. The molecule has 2 amide bonds. The quantitative estimate of drug-likeness (QED) is 0.467. The Balaban J connectivity index is 1.26. The molecule has 2 aromatic rings. The number of anilines is 1. The molecular weight excluding hydrogens is 422 g/mol. The molecule has 4 rings (SSSR count). The number of methoxy groups -OCH3 is 1. The van der Waals surface area contributed by atoms with Crippen molar-refractivity contribution in [1.29, 1.82) is 5.26 Å². The molecule has 0 saturated carbocycles. The second-order valence-electron chi connectivity index (χ2n) is 8.02. The lowest BCUT2D eigenvalue weighted by atomic mass is 10.1. The van der Waals surface area contributed by atoms with Gasteiger partial charge < -0.3 is 14.4 Å². The summed E-state index contributed by atoms with van der Waals surface area (Å²) in [6.45, 7) is 4.48. The number of aromatic nitrogens is 1. The van der Waals surface area contributed by atoms with Gasteiger partial charge in [-0.1, -0.05) is 0 Å². The number of ether oxygens (including phenoxy) is 2. The summed E-state index contributed by atoms with van der Waals surface area (Å²) in [6.07, 6.45) is 3.30. The van der Waals surface area contributed by atoms with Crippen molar-refractivity contribution in [3.8, 4) is 17.6 Å². The fraction of sp³-hybridized carbons (Fsp3) is 0.417. The summed E-state index contributed by atoms with van der Waals surface area (Å²) in [7, 11) is 1.53. The van der Waals surface area contributed by atoms with E-state index in [1.807, 2.05) is 0 Å². The lowest BCUT2D eigenvalue weighted by molar-refractivity contribution is -0.130. The van der Waals surface area contributed by atoms with Gasteiger partial charge in [0, 0.05) is 38.9 Å². The zero-order valence-corrected chi connectivity index (χ0v) is 18.7. The van der Waals surface area contributed by atoms with Gasteiger partial charge in [0.05, 0.1) is 18.2 Å². The van der Waals surface area contributed by atoms with E-state index < -0.39 is 0 Å². The van der Waals surface area contributed by atoms with Crippen molar-refractivity contribution in [2.24, 2.45) is 0 Å². The van der Waals surface area contributed by atoms with Crippen LogP contribution in [0.1, 0.15) is 28.8 Å². The maximum Gasteiger partial charge on any atom is 0.267 e. The number of piperazine rings is 1. The zero-order valence-electron chi connectivity index (χ0n) is 18.7. The molecule has 0 radical (unpaired) electrons. The van der Waals surface area contributed by atoms with Crippen LogP contribution in [0, 0.1) is 11.3 Å². The Morgan fingerprint density at radius 3 is 2.67 bits per heavy atom. The fourth-order valence-electron chi connectivity index (χ4n) is 4.16. The first-order valence-electron chi connectivity index (χ1n) is 11.1. The maximum atomic E-state index is 13.0. The molecular formula is C24H27N5O4. The average Bonchev–Trinajstić information content (AvgIpc) is 2.98. The number of pyridine rings is 1. The van der Waals surface area contributed by atoms with E-state index >= 15 is 0 Å². The maximum absolute atomic E-state index is 13.0. The molecule has 1 aromatic carbocycles. The van der Waals surface area contributed by atoms with Crippen molar-refractivity contribution in [3.63, 3.8) is 0 Å². The minimum atomic E-state index is -0.344. The molecule has 9 heteroatoms. The molecule has 1 aromatic heterocycles. The van der Waals surface area contributed by atoms with Crippen molar-refractivity contribution >= 4 is 17.6 Å². The van der Waals surface area contributed by atoms with Gasteiger partial charge in [0.25, 0.3) is 11.8 Å². The van der Waals surface area contributed by atoms with Crippen LogP contribution in [0.5, 0.6) is 11.5 Å². The lowest BCUT2D eigenvalue weighted by Gasteiger charge is -2.35. The molecule has 0 spiro atoms. The summed E-state index contributed by atoms with van der Waals surface area (Å²) in [5.41, 5.74) is 0.948. The standard InChI is InChI=1S/C24H27N5O4/c1-32-19-6-7-21-20(15-19)24(31)29(22(30)17-33-21)10-3-2-9-27-11-13-28(14-12-27)23-18(16-25)5-4-8-26-23/h4-8,15H,2-3,9-14,17H2,1H3. The van der Waals surface area contributed by atoms with E-state index in [1.165, 1.54) is 12.0 Å². The number of carbonyl (C=O) groups excluding carboxylic acids is 2. The van der Waals surface area contributed by atoms with Gasteiger partial charge in [-0.3, -0.25) is 19.4 Å². The molecule has 0 N–H and O–H groups in total. The minimum absolute atomic E-state index is 0.148. The van der Waals surface area contributed by atoms with E-state index in [-0.39, 0.29) is 18.4 Å². The number of nitrogens with zero attached hydrogens (tertiary/aromatic N) is 5. The number of rotatable bonds is 7. The predicted molar refractivity (Wildman–Crippen MR) is 121 cm³/mol. The first kappa shape index (κ1) is 22.6. The van der Waals surface area contributed by atoms with Crippen molar-refractivity contribution in [1.82, 2.24) is 14.8 Å². The Kier molecular flexibility index (Phi) is 7.05. The SMILES string of the molecule is COc1ccc2c(c1)C(=O)N(CCCCN1CCN(c3ncccc3C#N)CC1)C(=O)CO2. The number of hydrogen-bond acceptors (Lipinski definition) is 8. The number of benzene rings is 1. The molecule has 3 heterocycles. The van der Waals surface area contributed by atoms with Crippen LogP contribution in [0.2, 0.25) is 0 Å². The third kappa shape index (κ3) is 5.07. The van der Waals surface area contributed by atoms with Crippen LogP contribution in [-0.4, -0.2) is 79.6 Å². The van der Waals surface area contributed by atoms with Crippen molar-refractivity contribution < 1.29 is 19.1 Å². The number of nitriles is 1. The molecule has 0 unspecified atom stereocenters. The van der Waals surface area contributed by atoms with Crippen molar-refractivity contribution in [2.45, 2.75) is 12.8 Å². The minimum Gasteiger partial charge on any atom is -0.497 e. The number of fused-ring (bicyclic) bond motifs is 1. The van der Waals surface area contributed by atoms with Gasteiger partial charge in [0.15, 0.2) is 6.61 Å². The van der Waals surface area contributed by atoms with Gasteiger partial charge in [0.2, 0.25) is 0 Å². The summed E-state index contributed by atoms with van der Waals surface area (Å²) in [5.74, 6) is 1.03. The molecule has 0 aliphatic carbocycles. The Bertz CT molecular complexity index is 1060. The Hall–Kier alpha value is -3.64. The molecule has 2 aliphatic rings. The van der Waals surface area contributed by atoms with Crippen LogP contribution in [0.4, 0.5) is 5.82 Å². The van der Waals surface area contributed by atoms with Crippen molar-refractivity contribution in [3.05, 3.63) is 47.7 Å². The normalized spacial score (nSPS) is 16.6. The molecule has 0 atom stereocenters. The van der Waals surface area contributed by atoms with Crippen LogP contribution in [0.3, 0.4) is 0 Å². The van der Waals surface area contributed by atoms with Gasteiger partial charge in [-0.15, -0.1) is 0 Å². The monoisotopic (exact) mass is 449 g/mol. The van der Waals surface area contributed by atoms with Gasteiger partial charge in [-0.05, 0) is 49.7 Å².